The quantitative estimate of drug-likeness (QED) is 0.530. The second-order valence-electron chi connectivity index (χ2n) is 4.85. The van der Waals surface area contributed by atoms with E-state index in [-0.39, 0.29) is 0 Å². The van der Waals surface area contributed by atoms with Gasteiger partial charge in [0.25, 0.3) is 0 Å². The van der Waals surface area contributed by atoms with Gasteiger partial charge in [-0.1, -0.05) is 47.1 Å². The van der Waals surface area contributed by atoms with Gasteiger partial charge in [0.15, 0.2) is 0 Å². The van der Waals surface area contributed by atoms with E-state index in [9.17, 15) is 0 Å². The fourth-order valence-electron chi connectivity index (χ4n) is 2.26. The molecule has 0 heteroatoms. The summed E-state index contributed by atoms with van der Waals surface area (Å²) in [5.74, 6) is 3.10. The Kier molecular flexibility index (Phi) is 6.11. The molecule has 0 bridgehead atoms. The van der Waals surface area contributed by atoms with Crippen molar-refractivity contribution in [2.24, 2.45) is 23.7 Å². The van der Waals surface area contributed by atoms with E-state index in [4.69, 9.17) is 0 Å². The lowest BCUT2D eigenvalue weighted by atomic mass is 9.78. The first-order chi connectivity index (χ1) is 6.02. The maximum absolute atomic E-state index is 3.97. The highest BCUT2D eigenvalue weighted by molar-refractivity contribution is 4.86. The van der Waals surface area contributed by atoms with E-state index < -0.39 is 0 Å². The zero-order chi connectivity index (χ0) is 10.4. The Morgan fingerprint density at radius 3 is 1.92 bits per heavy atom. The van der Waals surface area contributed by atoms with Crippen molar-refractivity contribution in [3.8, 4) is 0 Å². The summed E-state index contributed by atoms with van der Waals surface area (Å²) in [5, 5.41) is 0. The summed E-state index contributed by atoms with van der Waals surface area (Å²) >= 11 is 0. The molecule has 0 amide bonds. The lowest BCUT2D eigenvalue weighted by molar-refractivity contribution is 0.256. The van der Waals surface area contributed by atoms with Crippen LogP contribution in [0.1, 0.15) is 47.5 Å². The third-order valence-electron chi connectivity index (χ3n) is 2.92. The molecule has 2 unspecified atom stereocenters. The van der Waals surface area contributed by atoms with Crippen LogP contribution in [0.15, 0.2) is 12.7 Å². The Balaban J connectivity index is 4.25. The van der Waals surface area contributed by atoms with Gasteiger partial charge < -0.3 is 0 Å². The summed E-state index contributed by atoms with van der Waals surface area (Å²) in [6.45, 7) is 15.5. The Bertz CT molecular complexity index is 133. The number of hydrogen-bond donors (Lipinski definition) is 0. The first kappa shape index (κ1) is 12.7. The minimum Gasteiger partial charge on any atom is -0.103 e. The number of allylic oxidation sites excluding steroid dienone is 1. The summed E-state index contributed by atoms with van der Waals surface area (Å²) in [4.78, 5) is 0. The monoisotopic (exact) mass is 182 g/mol. The fourth-order valence-corrected chi connectivity index (χ4v) is 2.26. The highest BCUT2D eigenvalue weighted by Gasteiger charge is 2.20. The molecule has 0 aromatic heterocycles. The van der Waals surface area contributed by atoms with Gasteiger partial charge in [-0.2, -0.15) is 0 Å². The lowest BCUT2D eigenvalue weighted by Gasteiger charge is -2.28. The summed E-state index contributed by atoms with van der Waals surface area (Å²) in [6.07, 6.45) is 4.73. The first-order valence-corrected chi connectivity index (χ1v) is 5.65. The molecular formula is C13H26. The zero-order valence-corrected chi connectivity index (χ0v) is 10.0. The van der Waals surface area contributed by atoms with Crippen molar-refractivity contribution in [3.05, 3.63) is 12.7 Å². The van der Waals surface area contributed by atoms with Crippen LogP contribution in [0.3, 0.4) is 0 Å². The Morgan fingerprint density at radius 1 is 1.15 bits per heavy atom. The molecule has 0 saturated carbocycles. The molecule has 0 nitrogen and oxygen atoms in total. The smallest absolute Gasteiger partial charge is 0.0203 e. The van der Waals surface area contributed by atoms with Gasteiger partial charge in [-0.3, -0.25) is 0 Å². The molecule has 78 valence electrons. The van der Waals surface area contributed by atoms with Crippen molar-refractivity contribution in [3.63, 3.8) is 0 Å². The van der Waals surface area contributed by atoms with Crippen LogP contribution in [0.25, 0.3) is 0 Å². The SMILES string of the molecule is C=CC(CC(C)C)C(CC)C(C)C. The van der Waals surface area contributed by atoms with Gasteiger partial charge in [0.05, 0.1) is 0 Å². The van der Waals surface area contributed by atoms with Crippen molar-refractivity contribution in [2.75, 3.05) is 0 Å². The van der Waals surface area contributed by atoms with Crippen LogP contribution < -0.4 is 0 Å². The first-order valence-electron chi connectivity index (χ1n) is 5.65. The molecule has 0 aliphatic carbocycles. The van der Waals surface area contributed by atoms with E-state index in [1.54, 1.807) is 0 Å². The van der Waals surface area contributed by atoms with Crippen LogP contribution in [-0.2, 0) is 0 Å². The predicted molar refractivity (Wildman–Crippen MR) is 61.8 cm³/mol. The van der Waals surface area contributed by atoms with Crippen molar-refractivity contribution >= 4 is 0 Å². The van der Waals surface area contributed by atoms with Gasteiger partial charge in [0.1, 0.15) is 0 Å². The predicted octanol–water partition coefficient (Wildman–Crippen LogP) is 4.52. The molecule has 0 aromatic carbocycles. The van der Waals surface area contributed by atoms with Gasteiger partial charge in [0.2, 0.25) is 0 Å². The summed E-state index contributed by atoms with van der Waals surface area (Å²) in [5.41, 5.74) is 0. The van der Waals surface area contributed by atoms with E-state index in [1.165, 1.54) is 12.8 Å². The lowest BCUT2D eigenvalue weighted by Crippen LogP contribution is -2.19. The molecule has 0 N–H and O–H groups in total. The molecule has 13 heavy (non-hydrogen) atoms. The van der Waals surface area contributed by atoms with Gasteiger partial charge in [0, 0.05) is 0 Å². The van der Waals surface area contributed by atoms with E-state index >= 15 is 0 Å². The van der Waals surface area contributed by atoms with Crippen LogP contribution in [-0.4, -0.2) is 0 Å². The second-order valence-corrected chi connectivity index (χ2v) is 4.85. The van der Waals surface area contributed by atoms with E-state index in [2.05, 4.69) is 47.3 Å². The van der Waals surface area contributed by atoms with Crippen molar-refractivity contribution in [1.82, 2.24) is 0 Å². The Labute approximate surface area is 84.4 Å². The van der Waals surface area contributed by atoms with Crippen LogP contribution in [0.4, 0.5) is 0 Å². The van der Waals surface area contributed by atoms with Crippen molar-refractivity contribution in [2.45, 2.75) is 47.5 Å². The molecule has 0 fully saturated rings. The van der Waals surface area contributed by atoms with E-state index in [1.807, 2.05) is 0 Å². The molecule has 0 rings (SSSR count). The largest absolute Gasteiger partial charge is 0.103 e. The molecular weight excluding hydrogens is 156 g/mol. The molecule has 0 heterocycles. The Morgan fingerprint density at radius 2 is 1.69 bits per heavy atom. The standard InChI is InChI=1S/C13H26/c1-7-12(9-10(3)4)13(8-2)11(5)6/h7,10-13H,1,8-9H2,2-6H3. The van der Waals surface area contributed by atoms with Gasteiger partial charge in [-0.15, -0.1) is 6.58 Å². The van der Waals surface area contributed by atoms with Crippen LogP contribution in [0.5, 0.6) is 0 Å². The normalized spacial score (nSPS) is 16.2. The molecule has 0 aliphatic rings. The number of hydrogen-bond acceptors (Lipinski definition) is 0. The summed E-state index contributed by atoms with van der Waals surface area (Å²) in [6, 6.07) is 0. The highest BCUT2D eigenvalue weighted by atomic mass is 14.3. The van der Waals surface area contributed by atoms with Crippen molar-refractivity contribution in [1.29, 1.82) is 0 Å². The third kappa shape index (κ3) is 4.50. The fraction of sp³-hybridized carbons (Fsp3) is 0.846. The second kappa shape index (κ2) is 6.23. The van der Waals surface area contributed by atoms with E-state index in [0.29, 0.717) is 5.92 Å². The maximum Gasteiger partial charge on any atom is -0.0203 e. The van der Waals surface area contributed by atoms with Crippen LogP contribution >= 0.6 is 0 Å². The zero-order valence-electron chi connectivity index (χ0n) is 10.0. The minimum absolute atomic E-state index is 0.713. The van der Waals surface area contributed by atoms with Gasteiger partial charge in [-0.05, 0) is 30.1 Å². The summed E-state index contributed by atoms with van der Waals surface area (Å²) < 4.78 is 0. The topological polar surface area (TPSA) is 0 Å². The van der Waals surface area contributed by atoms with Crippen LogP contribution in [0.2, 0.25) is 0 Å². The molecule has 2 atom stereocenters. The number of rotatable bonds is 6. The van der Waals surface area contributed by atoms with E-state index in [0.717, 1.165) is 17.8 Å². The average molecular weight is 182 g/mol. The Hall–Kier alpha value is -0.260. The minimum atomic E-state index is 0.713. The highest BCUT2D eigenvalue weighted by Crippen LogP contribution is 2.29. The molecule has 0 aromatic rings. The molecule has 0 saturated heterocycles. The van der Waals surface area contributed by atoms with Crippen molar-refractivity contribution < 1.29 is 0 Å². The van der Waals surface area contributed by atoms with Crippen LogP contribution in [0, 0.1) is 23.7 Å². The molecule has 0 radical (unpaired) electrons. The average Bonchev–Trinajstić information content (AvgIpc) is 2.02. The summed E-state index contributed by atoms with van der Waals surface area (Å²) in [7, 11) is 0. The molecule has 0 aliphatic heterocycles. The third-order valence-corrected chi connectivity index (χ3v) is 2.92. The maximum atomic E-state index is 3.97. The van der Waals surface area contributed by atoms with Gasteiger partial charge in [-0.25, -0.2) is 0 Å². The molecule has 0 spiro atoms. The van der Waals surface area contributed by atoms with Gasteiger partial charge >= 0.3 is 0 Å².